The first-order valence-corrected chi connectivity index (χ1v) is 10.4. The number of amides is 1. The second-order valence-electron chi connectivity index (χ2n) is 7.76. The summed E-state index contributed by atoms with van der Waals surface area (Å²) in [4.78, 5) is 34.7. The topological polar surface area (TPSA) is 118 Å². The van der Waals surface area contributed by atoms with Crippen molar-refractivity contribution in [3.05, 3.63) is 36.4 Å². The molecule has 1 fully saturated rings. The van der Waals surface area contributed by atoms with E-state index in [0.717, 1.165) is 40.8 Å². The number of rotatable bonds is 5. The fourth-order valence-electron chi connectivity index (χ4n) is 4.10. The van der Waals surface area contributed by atoms with Crippen LogP contribution in [0.5, 0.6) is 17.5 Å². The van der Waals surface area contributed by atoms with Crippen molar-refractivity contribution in [2.75, 3.05) is 25.1 Å². The molecule has 2 N–H and O–H groups in total. The molecule has 164 valence electrons. The summed E-state index contributed by atoms with van der Waals surface area (Å²) in [7, 11) is 1.64. The molecule has 1 aliphatic rings. The Morgan fingerprint density at radius 1 is 1.25 bits per heavy atom. The number of anilines is 1. The zero-order valence-electron chi connectivity index (χ0n) is 18.0. The Morgan fingerprint density at radius 2 is 2.06 bits per heavy atom. The van der Waals surface area contributed by atoms with Crippen LogP contribution in [0, 0.1) is 6.92 Å². The van der Waals surface area contributed by atoms with Gasteiger partial charge in [0.1, 0.15) is 23.0 Å². The van der Waals surface area contributed by atoms with Crippen molar-refractivity contribution in [1.82, 2.24) is 30.2 Å². The first-order chi connectivity index (χ1) is 15.5. The second-order valence-corrected chi connectivity index (χ2v) is 7.76. The number of aromatic nitrogens is 5. The molecule has 1 atom stereocenters. The van der Waals surface area contributed by atoms with Crippen molar-refractivity contribution < 1.29 is 14.3 Å². The standard InChI is InChI=1S/C22H23N7O3/c1-12-23-9-15(10-24-12)32-22-27-20-18(16-5-4-6-17(31-3)19(16)26-20)21(28-22)29-8-7-14(11-29)25-13(2)30/h4-6,9-10,14H,7-8,11H2,1-3H3,(H,25,30)(H,26,27,28)/t14-/m1/s1. The number of para-hydroxylation sites is 1. The maximum absolute atomic E-state index is 11.5. The molecular weight excluding hydrogens is 410 g/mol. The molecule has 10 nitrogen and oxygen atoms in total. The number of benzene rings is 1. The largest absolute Gasteiger partial charge is 0.495 e. The van der Waals surface area contributed by atoms with Gasteiger partial charge >= 0.3 is 6.01 Å². The molecule has 0 spiro atoms. The molecule has 0 radical (unpaired) electrons. The lowest BCUT2D eigenvalue weighted by Crippen LogP contribution is -2.35. The molecule has 4 aromatic rings. The highest BCUT2D eigenvalue weighted by atomic mass is 16.5. The summed E-state index contributed by atoms with van der Waals surface area (Å²) in [6, 6.07) is 6.10. The number of hydrogen-bond acceptors (Lipinski definition) is 8. The molecule has 0 aliphatic carbocycles. The molecule has 0 saturated carbocycles. The van der Waals surface area contributed by atoms with E-state index in [2.05, 4.69) is 30.2 Å². The van der Waals surface area contributed by atoms with E-state index in [-0.39, 0.29) is 18.0 Å². The number of aryl methyl sites for hydroxylation is 1. The Bertz CT molecular complexity index is 1300. The summed E-state index contributed by atoms with van der Waals surface area (Å²) in [5.41, 5.74) is 1.48. The molecule has 1 aromatic carbocycles. The molecule has 1 saturated heterocycles. The van der Waals surface area contributed by atoms with E-state index in [4.69, 9.17) is 14.5 Å². The summed E-state index contributed by atoms with van der Waals surface area (Å²) < 4.78 is 11.4. The van der Waals surface area contributed by atoms with Crippen molar-refractivity contribution in [3.8, 4) is 17.5 Å². The zero-order valence-corrected chi connectivity index (χ0v) is 18.0. The van der Waals surface area contributed by atoms with Gasteiger partial charge in [0.2, 0.25) is 5.91 Å². The van der Waals surface area contributed by atoms with E-state index in [9.17, 15) is 4.79 Å². The maximum atomic E-state index is 11.5. The third-order valence-corrected chi connectivity index (χ3v) is 5.49. The number of aromatic amines is 1. The van der Waals surface area contributed by atoms with Crippen LogP contribution in [0.15, 0.2) is 30.6 Å². The lowest BCUT2D eigenvalue weighted by atomic mass is 10.2. The summed E-state index contributed by atoms with van der Waals surface area (Å²) >= 11 is 0. The minimum atomic E-state index is -0.0371. The van der Waals surface area contributed by atoms with Gasteiger partial charge in [0.25, 0.3) is 0 Å². The molecule has 1 aliphatic heterocycles. The van der Waals surface area contributed by atoms with Crippen molar-refractivity contribution in [2.24, 2.45) is 0 Å². The fourth-order valence-corrected chi connectivity index (χ4v) is 4.10. The highest BCUT2D eigenvalue weighted by molar-refractivity contribution is 6.13. The van der Waals surface area contributed by atoms with Crippen molar-refractivity contribution in [1.29, 1.82) is 0 Å². The van der Waals surface area contributed by atoms with Gasteiger partial charge in [-0.05, 0) is 19.4 Å². The highest BCUT2D eigenvalue weighted by Crippen LogP contribution is 2.38. The molecule has 0 unspecified atom stereocenters. The first kappa shape index (κ1) is 20.0. The summed E-state index contributed by atoms with van der Waals surface area (Å²) in [5.74, 6) is 2.53. The minimum absolute atomic E-state index is 0.0371. The SMILES string of the molecule is COc1cccc2c1[nH]c1nc(Oc3cnc(C)nc3)nc(N3CC[C@@H](NC(C)=O)C3)c12. The molecule has 4 heterocycles. The van der Waals surface area contributed by atoms with Crippen molar-refractivity contribution in [2.45, 2.75) is 26.3 Å². The molecule has 1 amide bonds. The minimum Gasteiger partial charge on any atom is -0.495 e. The highest BCUT2D eigenvalue weighted by Gasteiger charge is 2.28. The van der Waals surface area contributed by atoms with Gasteiger partial charge in [0, 0.05) is 31.4 Å². The van der Waals surface area contributed by atoms with Crippen LogP contribution in [0.4, 0.5) is 5.82 Å². The van der Waals surface area contributed by atoms with E-state index in [1.807, 2.05) is 18.2 Å². The predicted molar refractivity (Wildman–Crippen MR) is 119 cm³/mol. The third-order valence-electron chi connectivity index (χ3n) is 5.49. The number of carbonyl (C=O) groups excluding carboxylic acids is 1. The van der Waals surface area contributed by atoms with E-state index in [1.165, 1.54) is 6.92 Å². The number of hydrogen-bond donors (Lipinski definition) is 2. The predicted octanol–water partition coefficient (Wildman–Crippen LogP) is 2.73. The van der Waals surface area contributed by atoms with Crippen LogP contribution in [0.1, 0.15) is 19.2 Å². The van der Waals surface area contributed by atoms with E-state index < -0.39 is 0 Å². The number of nitrogens with one attached hydrogen (secondary N) is 2. The number of methoxy groups -OCH3 is 1. The number of carbonyl (C=O) groups is 1. The molecule has 3 aromatic heterocycles. The maximum Gasteiger partial charge on any atom is 0.326 e. The van der Waals surface area contributed by atoms with Crippen LogP contribution in [0.3, 0.4) is 0 Å². The average Bonchev–Trinajstić information content (AvgIpc) is 3.38. The van der Waals surface area contributed by atoms with Crippen LogP contribution in [-0.4, -0.2) is 57.1 Å². The van der Waals surface area contributed by atoms with Crippen LogP contribution < -0.4 is 19.7 Å². The zero-order chi connectivity index (χ0) is 22.2. The Labute approximate surface area is 184 Å². The van der Waals surface area contributed by atoms with E-state index >= 15 is 0 Å². The lowest BCUT2D eigenvalue weighted by Gasteiger charge is -2.19. The fraction of sp³-hybridized carbons (Fsp3) is 0.318. The normalized spacial score (nSPS) is 16.0. The van der Waals surface area contributed by atoms with Gasteiger partial charge < -0.3 is 24.7 Å². The summed E-state index contributed by atoms with van der Waals surface area (Å²) in [6.07, 6.45) is 4.01. The number of H-pyrrole nitrogens is 1. The first-order valence-electron chi connectivity index (χ1n) is 10.4. The van der Waals surface area contributed by atoms with Gasteiger partial charge in [-0.1, -0.05) is 12.1 Å². The van der Waals surface area contributed by atoms with Gasteiger partial charge in [-0.25, -0.2) is 9.97 Å². The van der Waals surface area contributed by atoms with Gasteiger partial charge in [-0.15, -0.1) is 0 Å². The third kappa shape index (κ3) is 3.64. The molecule has 5 rings (SSSR count). The van der Waals surface area contributed by atoms with Gasteiger partial charge in [-0.2, -0.15) is 9.97 Å². The Kier molecular flexibility index (Phi) is 4.96. The van der Waals surface area contributed by atoms with Crippen LogP contribution in [0.2, 0.25) is 0 Å². The van der Waals surface area contributed by atoms with Crippen LogP contribution >= 0.6 is 0 Å². The Balaban J connectivity index is 1.63. The Hall–Kier alpha value is -3.95. The molecule has 10 heteroatoms. The smallest absolute Gasteiger partial charge is 0.326 e. The number of nitrogens with zero attached hydrogens (tertiary/aromatic N) is 5. The average molecular weight is 433 g/mol. The molecule has 0 bridgehead atoms. The monoisotopic (exact) mass is 433 g/mol. The molecule has 32 heavy (non-hydrogen) atoms. The second kappa shape index (κ2) is 7.95. The molecular formula is C22H23N7O3. The quantitative estimate of drug-likeness (QED) is 0.493. The van der Waals surface area contributed by atoms with Gasteiger partial charge in [0.05, 0.1) is 30.4 Å². The summed E-state index contributed by atoms with van der Waals surface area (Å²) in [5, 5.41) is 4.84. The van der Waals surface area contributed by atoms with Gasteiger partial charge in [0.15, 0.2) is 5.75 Å². The van der Waals surface area contributed by atoms with Crippen molar-refractivity contribution >= 4 is 33.7 Å². The number of ether oxygens (including phenoxy) is 2. The number of fused-ring (bicyclic) bond motifs is 3. The Morgan fingerprint density at radius 3 is 2.81 bits per heavy atom. The van der Waals surface area contributed by atoms with E-state index in [0.29, 0.717) is 23.8 Å². The lowest BCUT2D eigenvalue weighted by molar-refractivity contribution is -0.119. The van der Waals surface area contributed by atoms with Crippen LogP contribution in [0.25, 0.3) is 21.9 Å². The van der Waals surface area contributed by atoms with Crippen molar-refractivity contribution in [3.63, 3.8) is 0 Å². The van der Waals surface area contributed by atoms with Gasteiger partial charge in [-0.3, -0.25) is 4.79 Å². The summed E-state index contributed by atoms with van der Waals surface area (Å²) in [6.45, 7) is 4.74. The van der Waals surface area contributed by atoms with Crippen LogP contribution in [-0.2, 0) is 4.79 Å². The van der Waals surface area contributed by atoms with E-state index in [1.54, 1.807) is 26.4 Å².